The molecule has 0 radical (unpaired) electrons. The summed E-state index contributed by atoms with van der Waals surface area (Å²) in [6.45, 7) is 4.01. The normalized spacial score (nSPS) is 10.5. The van der Waals surface area contributed by atoms with E-state index in [0.29, 0.717) is 29.4 Å². The van der Waals surface area contributed by atoms with Crippen LogP contribution in [-0.2, 0) is 11.3 Å². The molecule has 3 rings (SSSR count). The highest BCUT2D eigenvalue weighted by atomic mass is 32.1. The summed E-state index contributed by atoms with van der Waals surface area (Å²) in [6.07, 6.45) is 0. The number of benzene rings is 2. The molecule has 0 saturated heterocycles. The van der Waals surface area contributed by atoms with Crippen LogP contribution < -0.4 is 9.47 Å². The van der Waals surface area contributed by atoms with Gasteiger partial charge in [-0.3, -0.25) is 10.1 Å². The van der Waals surface area contributed by atoms with Gasteiger partial charge >= 0.3 is 5.97 Å². The molecule has 0 aliphatic heterocycles. The van der Waals surface area contributed by atoms with E-state index in [1.54, 1.807) is 19.4 Å². The van der Waals surface area contributed by atoms with Gasteiger partial charge in [0.2, 0.25) is 0 Å². The monoisotopic (exact) mass is 428 g/mol. The Bertz CT molecular complexity index is 1080. The number of hydrogen-bond acceptors (Lipinski definition) is 8. The number of nitrogens with zero attached hydrogens (tertiary/aromatic N) is 2. The lowest BCUT2D eigenvalue weighted by molar-refractivity contribution is -0.385. The number of aryl methyl sites for hydroxylation is 1. The standard InChI is InChI=1S/C21H20N2O6S/c1-4-28-18-8-7-14(10-19(18)27-3)20-22-16(12-30-20)11-29-21(24)15-6-5-13(2)17(9-15)23(25)26/h5-10,12H,4,11H2,1-3H3. The average Bonchev–Trinajstić information content (AvgIpc) is 3.21. The van der Waals surface area contributed by atoms with E-state index in [9.17, 15) is 14.9 Å². The number of methoxy groups -OCH3 is 1. The first kappa shape index (κ1) is 21.3. The van der Waals surface area contributed by atoms with Gasteiger partial charge in [-0.2, -0.15) is 0 Å². The van der Waals surface area contributed by atoms with Crippen molar-refractivity contribution in [3.05, 3.63) is 68.7 Å². The average molecular weight is 428 g/mol. The van der Waals surface area contributed by atoms with Crippen LogP contribution >= 0.6 is 11.3 Å². The van der Waals surface area contributed by atoms with Crippen molar-refractivity contribution in [1.29, 1.82) is 0 Å². The van der Waals surface area contributed by atoms with E-state index in [2.05, 4.69) is 4.98 Å². The molecule has 0 fully saturated rings. The van der Waals surface area contributed by atoms with Crippen LogP contribution in [0.1, 0.15) is 28.5 Å². The summed E-state index contributed by atoms with van der Waals surface area (Å²) in [5.41, 5.74) is 1.92. The highest BCUT2D eigenvalue weighted by Gasteiger charge is 2.17. The molecule has 8 nitrogen and oxygen atoms in total. The summed E-state index contributed by atoms with van der Waals surface area (Å²) in [6, 6.07) is 9.79. The summed E-state index contributed by atoms with van der Waals surface area (Å²) < 4.78 is 16.2. The van der Waals surface area contributed by atoms with Gasteiger partial charge in [0.05, 0.1) is 29.9 Å². The van der Waals surface area contributed by atoms with Gasteiger partial charge in [0, 0.05) is 22.6 Å². The first-order valence-electron chi connectivity index (χ1n) is 9.10. The highest BCUT2D eigenvalue weighted by molar-refractivity contribution is 7.13. The van der Waals surface area contributed by atoms with Gasteiger partial charge in [-0.15, -0.1) is 11.3 Å². The molecule has 0 spiro atoms. The van der Waals surface area contributed by atoms with Crippen LogP contribution in [0, 0.1) is 17.0 Å². The van der Waals surface area contributed by atoms with Crippen LogP contribution in [0.5, 0.6) is 11.5 Å². The minimum atomic E-state index is -0.643. The van der Waals surface area contributed by atoms with Crippen LogP contribution in [0.4, 0.5) is 5.69 Å². The Labute approximate surface area is 177 Å². The van der Waals surface area contributed by atoms with Crippen LogP contribution in [0.2, 0.25) is 0 Å². The molecular formula is C21H20N2O6S. The number of nitro groups is 1. The summed E-state index contributed by atoms with van der Waals surface area (Å²) in [4.78, 5) is 27.3. The van der Waals surface area contributed by atoms with E-state index < -0.39 is 10.9 Å². The fourth-order valence-electron chi connectivity index (χ4n) is 2.74. The molecule has 9 heteroatoms. The van der Waals surface area contributed by atoms with E-state index in [1.165, 1.54) is 29.5 Å². The smallest absolute Gasteiger partial charge is 0.338 e. The first-order chi connectivity index (χ1) is 14.4. The largest absolute Gasteiger partial charge is 0.493 e. The Morgan fingerprint density at radius 3 is 2.70 bits per heavy atom. The molecule has 0 unspecified atom stereocenters. The SMILES string of the molecule is CCOc1ccc(-c2nc(COC(=O)c3ccc(C)c([N+](=O)[O-])c3)cs2)cc1OC. The van der Waals surface area contributed by atoms with Crippen molar-refractivity contribution in [2.45, 2.75) is 20.5 Å². The fourth-order valence-corrected chi connectivity index (χ4v) is 3.54. The fraction of sp³-hybridized carbons (Fsp3) is 0.238. The number of thiazole rings is 1. The molecule has 0 atom stereocenters. The second-order valence-corrected chi connectivity index (χ2v) is 7.14. The van der Waals surface area contributed by atoms with Crippen molar-refractivity contribution in [2.75, 3.05) is 13.7 Å². The van der Waals surface area contributed by atoms with Crippen LogP contribution in [0.25, 0.3) is 10.6 Å². The van der Waals surface area contributed by atoms with E-state index in [-0.39, 0.29) is 17.9 Å². The zero-order chi connectivity index (χ0) is 21.7. The van der Waals surface area contributed by atoms with Crippen molar-refractivity contribution >= 4 is 23.0 Å². The Hall–Kier alpha value is -3.46. The lowest BCUT2D eigenvalue weighted by Gasteiger charge is -2.09. The topological polar surface area (TPSA) is 101 Å². The van der Waals surface area contributed by atoms with Crippen molar-refractivity contribution in [3.63, 3.8) is 0 Å². The first-order valence-corrected chi connectivity index (χ1v) is 9.98. The third kappa shape index (κ3) is 4.74. The minimum Gasteiger partial charge on any atom is -0.493 e. The summed E-state index contributed by atoms with van der Waals surface area (Å²) in [5.74, 6) is 0.621. The predicted octanol–water partition coefficient (Wildman–Crippen LogP) is 4.79. The molecule has 0 amide bonds. The molecule has 3 aromatic rings. The van der Waals surface area contributed by atoms with Crippen molar-refractivity contribution in [3.8, 4) is 22.1 Å². The molecular weight excluding hydrogens is 408 g/mol. The van der Waals surface area contributed by atoms with E-state index in [0.717, 1.165) is 10.6 Å². The summed E-state index contributed by atoms with van der Waals surface area (Å²) in [5, 5.41) is 13.6. The maximum absolute atomic E-state index is 12.3. The number of carbonyl (C=O) groups excluding carboxylic acids is 1. The van der Waals surface area contributed by atoms with Gasteiger partial charge in [0.15, 0.2) is 11.5 Å². The highest BCUT2D eigenvalue weighted by Crippen LogP contribution is 2.34. The molecule has 1 aromatic heterocycles. The Balaban J connectivity index is 1.70. The van der Waals surface area contributed by atoms with Gasteiger partial charge in [0.25, 0.3) is 5.69 Å². The van der Waals surface area contributed by atoms with Crippen LogP contribution in [0.15, 0.2) is 41.8 Å². The van der Waals surface area contributed by atoms with Crippen molar-refractivity contribution in [1.82, 2.24) is 4.98 Å². The zero-order valence-electron chi connectivity index (χ0n) is 16.7. The van der Waals surface area contributed by atoms with Gasteiger partial charge in [-0.1, -0.05) is 6.07 Å². The quantitative estimate of drug-likeness (QED) is 0.289. The number of nitro benzene ring substituents is 1. The molecule has 0 aliphatic carbocycles. The summed E-state index contributed by atoms with van der Waals surface area (Å²) in [7, 11) is 1.57. The van der Waals surface area contributed by atoms with E-state index in [1.807, 2.05) is 25.1 Å². The number of aromatic nitrogens is 1. The molecule has 156 valence electrons. The second-order valence-electron chi connectivity index (χ2n) is 6.28. The predicted molar refractivity (Wildman–Crippen MR) is 112 cm³/mol. The number of ether oxygens (including phenoxy) is 3. The summed E-state index contributed by atoms with van der Waals surface area (Å²) >= 11 is 1.41. The zero-order valence-corrected chi connectivity index (χ0v) is 17.5. The minimum absolute atomic E-state index is 0.0365. The molecule has 30 heavy (non-hydrogen) atoms. The van der Waals surface area contributed by atoms with Gasteiger partial charge in [-0.25, -0.2) is 9.78 Å². The second kappa shape index (κ2) is 9.36. The molecule has 0 N–H and O–H groups in total. The molecule has 0 aliphatic rings. The maximum Gasteiger partial charge on any atom is 0.338 e. The van der Waals surface area contributed by atoms with Gasteiger partial charge < -0.3 is 14.2 Å². The van der Waals surface area contributed by atoms with Gasteiger partial charge in [0.1, 0.15) is 11.6 Å². The lowest BCUT2D eigenvalue weighted by atomic mass is 10.1. The Morgan fingerprint density at radius 1 is 1.20 bits per heavy atom. The van der Waals surface area contributed by atoms with Crippen molar-refractivity contribution in [2.24, 2.45) is 0 Å². The van der Waals surface area contributed by atoms with Crippen molar-refractivity contribution < 1.29 is 23.9 Å². The molecule has 0 saturated carbocycles. The third-order valence-corrected chi connectivity index (χ3v) is 5.20. The number of esters is 1. The molecule has 2 aromatic carbocycles. The van der Waals surface area contributed by atoms with Crippen LogP contribution in [-0.4, -0.2) is 29.6 Å². The lowest BCUT2D eigenvalue weighted by Crippen LogP contribution is -2.06. The Morgan fingerprint density at radius 2 is 2.00 bits per heavy atom. The number of carbonyl (C=O) groups is 1. The maximum atomic E-state index is 12.3. The molecule has 0 bridgehead atoms. The molecule has 1 heterocycles. The third-order valence-electron chi connectivity index (χ3n) is 4.25. The van der Waals surface area contributed by atoms with E-state index >= 15 is 0 Å². The van der Waals surface area contributed by atoms with E-state index in [4.69, 9.17) is 14.2 Å². The Kier molecular flexibility index (Phi) is 6.63. The number of rotatable bonds is 8. The van der Waals surface area contributed by atoms with Crippen LogP contribution in [0.3, 0.4) is 0 Å². The number of hydrogen-bond donors (Lipinski definition) is 0. The van der Waals surface area contributed by atoms with Gasteiger partial charge in [-0.05, 0) is 38.1 Å².